The summed E-state index contributed by atoms with van der Waals surface area (Å²) >= 11 is 0. The Morgan fingerprint density at radius 1 is 1.33 bits per heavy atom. The summed E-state index contributed by atoms with van der Waals surface area (Å²) in [5, 5.41) is 3.23. The lowest BCUT2D eigenvalue weighted by Gasteiger charge is -2.19. The van der Waals surface area contributed by atoms with E-state index >= 15 is 0 Å². The average molecular weight is 287 g/mol. The lowest BCUT2D eigenvalue weighted by Crippen LogP contribution is -2.25. The van der Waals surface area contributed by atoms with Gasteiger partial charge in [-0.05, 0) is 32.9 Å². The monoisotopic (exact) mass is 287 g/mol. The van der Waals surface area contributed by atoms with Crippen molar-refractivity contribution in [3.63, 3.8) is 0 Å². The number of nitrogens with one attached hydrogen (secondary N) is 1. The molecule has 0 aliphatic rings. The van der Waals surface area contributed by atoms with Crippen molar-refractivity contribution in [2.75, 3.05) is 11.9 Å². The van der Waals surface area contributed by atoms with Gasteiger partial charge in [-0.15, -0.1) is 0 Å². The van der Waals surface area contributed by atoms with Crippen LogP contribution in [-0.4, -0.2) is 22.1 Å². The number of benzene rings is 1. The molecule has 1 aromatic carbocycles. The van der Waals surface area contributed by atoms with E-state index in [-0.39, 0.29) is 5.97 Å². The number of imidazole rings is 1. The number of ether oxygens (including phenoxy) is 1. The largest absolute Gasteiger partial charge is 0.464 e. The predicted molar refractivity (Wildman–Crippen MR) is 82.1 cm³/mol. The van der Waals surface area contributed by atoms with Crippen LogP contribution >= 0.6 is 0 Å². The minimum Gasteiger partial charge on any atom is -0.464 e. The summed E-state index contributed by atoms with van der Waals surface area (Å²) in [5.41, 5.74) is 2.85. The van der Waals surface area contributed by atoms with Crippen LogP contribution in [0.4, 0.5) is 5.69 Å². The molecule has 1 unspecified atom stereocenters. The van der Waals surface area contributed by atoms with E-state index in [1.807, 2.05) is 42.7 Å². The van der Waals surface area contributed by atoms with E-state index in [2.05, 4.69) is 10.3 Å². The Balaban J connectivity index is 2.28. The van der Waals surface area contributed by atoms with Crippen molar-refractivity contribution in [1.29, 1.82) is 0 Å². The summed E-state index contributed by atoms with van der Waals surface area (Å²) in [5.74, 6) is -0.298. The molecule has 0 radical (unpaired) electrons. The average Bonchev–Trinajstić information content (AvgIpc) is 2.95. The van der Waals surface area contributed by atoms with Crippen LogP contribution in [0.1, 0.15) is 31.1 Å². The zero-order valence-electron chi connectivity index (χ0n) is 12.7. The van der Waals surface area contributed by atoms with E-state index in [9.17, 15) is 4.79 Å². The Morgan fingerprint density at radius 3 is 2.67 bits per heavy atom. The van der Waals surface area contributed by atoms with Gasteiger partial charge in [0.2, 0.25) is 0 Å². The lowest BCUT2D eigenvalue weighted by atomic mass is 10.1. The first-order valence-electron chi connectivity index (χ1n) is 7.15. The first-order valence-corrected chi connectivity index (χ1v) is 7.15. The zero-order valence-corrected chi connectivity index (χ0v) is 12.7. The second-order valence-electron chi connectivity index (χ2n) is 4.80. The zero-order chi connectivity index (χ0) is 15.2. The highest BCUT2D eigenvalue weighted by molar-refractivity contribution is 5.80. The van der Waals surface area contributed by atoms with Gasteiger partial charge in [-0.1, -0.05) is 17.7 Å². The molecular formula is C16H21N3O2. The van der Waals surface area contributed by atoms with Crippen molar-refractivity contribution in [2.24, 2.45) is 0 Å². The van der Waals surface area contributed by atoms with Crippen molar-refractivity contribution in [3.8, 4) is 0 Å². The molecule has 0 aliphatic heterocycles. The highest BCUT2D eigenvalue weighted by atomic mass is 16.5. The molecule has 1 aromatic heterocycles. The van der Waals surface area contributed by atoms with E-state index in [0.717, 1.165) is 17.9 Å². The van der Waals surface area contributed by atoms with Crippen LogP contribution in [0.25, 0.3) is 0 Å². The third-order valence-electron chi connectivity index (χ3n) is 3.27. The Kier molecular flexibility index (Phi) is 4.98. The van der Waals surface area contributed by atoms with E-state index in [1.165, 1.54) is 5.56 Å². The van der Waals surface area contributed by atoms with Gasteiger partial charge in [-0.25, -0.2) is 9.78 Å². The van der Waals surface area contributed by atoms with E-state index in [4.69, 9.17) is 4.74 Å². The molecule has 0 spiro atoms. The van der Waals surface area contributed by atoms with Crippen molar-refractivity contribution in [1.82, 2.24) is 9.55 Å². The molecule has 0 bridgehead atoms. The first-order chi connectivity index (χ1) is 10.2. The van der Waals surface area contributed by atoms with Gasteiger partial charge < -0.3 is 14.6 Å². The van der Waals surface area contributed by atoms with Gasteiger partial charge in [0.05, 0.1) is 24.8 Å². The fourth-order valence-electron chi connectivity index (χ4n) is 2.13. The van der Waals surface area contributed by atoms with E-state index < -0.39 is 6.04 Å². The summed E-state index contributed by atoms with van der Waals surface area (Å²) in [7, 11) is 0. The number of aromatic nitrogens is 2. The fraction of sp³-hybridized carbons (Fsp3) is 0.375. The van der Waals surface area contributed by atoms with E-state index in [0.29, 0.717) is 6.61 Å². The predicted octanol–water partition coefficient (Wildman–Crippen LogP) is 2.93. The van der Waals surface area contributed by atoms with Gasteiger partial charge in [0.25, 0.3) is 0 Å². The van der Waals surface area contributed by atoms with Crippen molar-refractivity contribution in [3.05, 3.63) is 48.0 Å². The SMILES string of the molecule is CCOC(=O)C(Nc1ccc(C)cc1)c1cncn1CC. The lowest BCUT2D eigenvalue weighted by molar-refractivity contribution is -0.144. The van der Waals surface area contributed by atoms with Gasteiger partial charge in [0.15, 0.2) is 6.04 Å². The highest BCUT2D eigenvalue weighted by Crippen LogP contribution is 2.21. The first kappa shape index (κ1) is 15.1. The summed E-state index contributed by atoms with van der Waals surface area (Å²) in [4.78, 5) is 16.4. The quantitative estimate of drug-likeness (QED) is 0.830. The molecule has 0 amide bonds. The third kappa shape index (κ3) is 3.62. The van der Waals surface area contributed by atoms with Gasteiger partial charge in [-0.2, -0.15) is 0 Å². The van der Waals surface area contributed by atoms with Crippen LogP contribution in [0, 0.1) is 6.92 Å². The Morgan fingerprint density at radius 2 is 2.05 bits per heavy atom. The van der Waals surface area contributed by atoms with Crippen LogP contribution in [0.3, 0.4) is 0 Å². The Bertz CT molecular complexity index is 590. The van der Waals surface area contributed by atoms with Gasteiger partial charge in [0, 0.05) is 12.2 Å². The third-order valence-corrected chi connectivity index (χ3v) is 3.27. The number of aryl methyl sites for hydroxylation is 2. The fourth-order valence-corrected chi connectivity index (χ4v) is 2.13. The maximum Gasteiger partial charge on any atom is 0.334 e. The molecular weight excluding hydrogens is 266 g/mol. The van der Waals surface area contributed by atoms with Crippen LogP contribution in [0.2, 0.25) is 0 Å². The molecule has 2 rings (SSSR count). The minimum atomic E-state index is -0.560. The molecule has 1 N–H and O–H groups in total. The topological polar surface area (TPSA) is 56.1 Å². The molecule has 21 heavy (non-hydrogen) atoms. The Hall–Kier alpha value is -2.30. The van der Waals surface area contributed by atoms with Crippen LogP contribution in [-0.2, 0) is 16.1 Å². The van der Waals surface area contributed by atoms with Crippen molar-refractivity contribution < 1.29 is 9.53 Å². The van der Waals surface area contributed by atoms with Crippen molar-refractivity contribution in [2.45, 2.75) is 33.4 Å². The standard InChI is InChI=1S/C16H21N3O2/c1-4-19-11-17-10-14(19)15(16(20)21-5-2)18-13-8-6-12(3)7-9-13/h6-11,15,18H,4-5H2,1-3H3. The summed E-state index contributed by atoms with van der Waals surface area (Å²) in [6.07, 6.45) is 3.42. The number of rotatable bonds is 6. The number of hydrogen-bond acceptors (Lipinski definition) is 4. The highest BCUT2D eigenvalue weighted by Gasteiger charge is 2.25. The molecule has 0 saturated heterocycles. The number of carbonyl (C=O) groups excluding carboxylic acids is 1. The maximum atomic E-state index is 12.3. The summed E-state index contributed by atoms with van der Waals surface area (Å²) in [6, 6.07) is 7.35. The number of hydrogen-bond donors (Lipinski definition) is 1. The molecule has 0 saturated carbocycles. The normalized spacial score (nSPS) is 12.0. The molecule has 1 atom stereocenters. The van der Waals surface area contributed by atoms with Crippen LogP contribution in [0.5, 0.6) is 0 Å². The van der Waals surface area contributed by atoms with Crippen LogP contribution < -0.4 is 5.32 Å². The number of esters is 1. The molecule has 0 aliphatic carbocycles. The number of nitrogens with zero attached hydrogens (tertiary/aromatic N) is 2. The van der Waals surface area contributed by atoms with Gasteiger partial charge >= 0.3 is 5.97 Å². The summed E-state index contributed by atoms with van der Waals surface area (Å²) < 4.78 is 7.11. The van der Waals surface area contributed by atoms with E-state index in [1.54, 1.807) is 19.4 Å². The molecule has 1 heterocycles. The Labute approximate surface area is 125 Å². The maximum absolute atomic E-state index is 12.3. The number of carbonyl (C=O) groups is 1. The van der Waals surface area contributed by atoms with Crippen molar-refractivity contribution >= 4 is 11.7 Å². The molecule has 5 nitrogen and oxygen atoms in total. The number of anilines is 1. The minimum absolute atomic E-state index is 0.298. The molecule has 5 heteroatoms. The summed E-state index contributed by atoms with van der Waals surface area (Å²) in [6.45, 7) is 6.95. The second-order valence-corrected chi connectivity index (χ2v) is 4.80. The van der Waals surface area contributed by atoms with Crippen LogP contribution in [0.15, 0.2) is 36.8 Å². The smallest absolute Gasteiger partial charge is 0.334 e. The molecule has 0 fully saturated rings. The van der Waals surface area contributed by atoms with Gasteiger partial charge in [0.1, 0.15) is 0 Å². The molecule has 2 aromatic rings. The second kappa shape index (κ2) is 6.92. The van der Waals surface area contributed by atoms with Gasteiger partial charge in [-0.3, -0.25) is 0 Å². The molecule has 112 valence electrons.